The summed E-state index contributed by atoms with van der Waals surface area (Å²) in [6.45, 7) is 0.478. The monoisotopic (exact) mass is 453 g/mol. The van der Waals surface area contributed by atoms with Gasteiger partial charge in [-0.1, -0.05) is 40.9 Å². The molecule has 0 saturated carbocycles. The van der Waals surface area contributed by atoms with E-state index in [4.69, 9.17) is 39.5 Å². The van der Waals surface area contributed by atoms with Gasteiger partial charge in [0.05, 0.1) is 15.6 Å². The van der Waals surface area contributed by atoms with Crippen molar-refractivity contribution in [3.63, 3.8) is 0 Å². The zero-order valence-corrected chi connectivity index (χ0v) is 17.2. The molecule has 3 rings (SSSR count). The number of aromatic carboxylic acids is 1. The molecule has 0 atom stereocenters. The van der Waals surface area contributed by atoms with Gasteiger partial charge in [0.2, 0.25) is 0 Å². The average Bonchev–Trinajstić information content (AvgIpc) is 2.67. The number of anilines is 1. The summed E-state index contributed by atoms with van der Waals surface area (Å²) >= 11 is 18.0. The van der Waals surface area contributed by atoms with Crippen molar-refractivity contribution >= 4 is 46.5 Å². The van der Waals surface area contributed by atoms with E-state index in [0.29, 0.717) is 28.6 Å². The fraction of sp³-hybridized carbons (Fsp3) is 0.0952. The Morgan fingerprint density at radius 3 is 2.48 bits per heavy atom. The highest BCUT2D eigenvalue weighted by molar-refractivity contribution is 6.33. The van der Waals surface area contributed by atoms with Crippen LogP contribution in [-0.4, -0.2) is 11.1 Å². The first-order valence-corrected chi connectivity index (χ1v) is 9.59. The summed E-state index contributed by atoms with van der Waals surface area (Å²) in [6, 6.07) is 13.9. The summed E-state index contributed by atoms with van der Waals surface area (Å²) in [7, 11) is 0. The predicted molar refractivity (Wildman–Crippen MR) is 113 cm³/mol. The number of rotatable bonds is 7. The SMILES string of the molecule is O=C(O)c1cc(NCc2cc(Cl)ccc2OCc2ccc(F)cc2Cl)ccc1Cl. The molecule has 0 spiro atoms. The predicted octanol–water partition coefficient (Wildman–Crippen LogP) is 6.68. The molecule has 0 aliphatic carbocycles. The molecule has 0 saturated heterocycles. The molecule has 0 aliphatic rings. The van der Waals surface area contributed by atoms with Gasteiger partial charge in [0, 0.05) is 28.4 Å². The topological polar surface area (TPSA) is 58.6 Å². The highest BCUT2D eigenvalue weighted by Crippen LogP contribution is 2.27. The van der Waals surface area contributed by atoms with E-state index in [9.17, 15) is 14.3 Å². The van der Waals surface area contributed by atoms with Gasteiger partial charge in [0.15, 0.2) is 0 Å². The lowest BCUT2D eigenvalue weighted by molar-refractivity contribution is 0.0697. The molecule has 0 bridgehead atoms. The number of benzene rings is 3. The molecule has 0 aliphatic heterocycles. The van der Waals surface area contributed by atoms with Crippen molar-refractivity contribution in [2.45, 2.75) is 13.2 Å². The molecular formula is C21H15Cl3FNO3. The van der Waals surface area contributed by atoms with E-state index in [-0.39, 0.29) is 22.2 Å². The Kier molecular flexibility index (Phi) is 6.85. The number of hydrogen-bond donors (Lipinski definition) is 2. The van der Waals surface area contributed by atoms with Gasteiger partial charge >= 0.3 is 5.97 Å². The molecule has 0 unspecified atom stereocenters. The number of carbonyl (C=O) groups is 1. The quantitative estimate of drug-likeness (QED) is 0.418. The van der Waals surface area contributed by atoms with E-state index < -0.39 is 11.8 Å². The lowest BCUT2D eigenvalue weighted by Gasteiger charge is -2.14. The van der Waals surface area contributed by atoms with Crippen molar-refractivity contribution < 1.29 is 19.0 Å². The highest BCUT2D eigenvalue weighted by atomic mass is 35.5. The minimum absolute atomic E-state index is 0.00480. The standard InChI is InChI=1S/C21H15Cl3FNO3/c22-14-2-6-20(29-11-12-1-3-15(25)8-19(12)24)13(7-14)10-26-16-4-5-18(23)17(9-16)21(27)28/h1-9,26H,10-11H2,(H,27,28). The summed E-state index contributed by atoms with van der Waals surface area (Å²) in [5.74, 6) is -0.963. The molecule has 4 nitrogen and oxygen atoms in total. The molecule has 0 fully saturated rings. The zero-order valence-electron chi connectivity index (χ0n) is 14.9. The van der Waals surface area contributed by atoms with Crippen LogP contribution in [0.4, 0.5) is 10.1 Å². The van der Waals surface area contributed by atoms with E-state index in [1.165, 1.54) is 24.3 Å². The molecule has 0 amide bonds. The van der Waals surface area contributed by atoms with Crippen LogP contribution < -0.4 is 10.1 Å². The van der Waals surface area contributed by atoms with Crippen LogP contribution in [0.2, 0.25) is 15.1 Å². The van der Waals surface area contributed by atoms with Gasteiger partial charge in [0.25, 0.3) is 0 Å². The number of nitrogens with one attached hydrogen (secondary N) is 1. The van der Waals surface area contributed by atoms with Gasteiger partial charge in [-0.15, -0.1) is 0 Å². The summed E-state index contributed by atoms with van der Waals surface area (Å²) in [5, 5.41) is 13.3. The van der Waals surface area contributed by atoms with Crippen molar-refractivity contribution in [1.29, 1.82) is 0 Å². The lowest BCUT2D eigenvalue weighted by Crippen LogP contribution is -2.05. The van der Waals surface area contributed by atoms with Crippen LogP contribution in [-0.2, 0) is 13.2 Å². The molecule has 29 heavy (non-hydrogen) atoms. The zero-order chi connectivity index (χ0) is 21.0. The second-order valence-corrected chi connectivity index (χ2v) is 7.38. The molecule has 3 aromatic rings. The van der Waals surface area contributed by atoms with Gasteiger partial charge in [-0.2, -0.15) is 0 Å². The average molecular weight is 455 g/mol. The van der Waals surface area contributed by atoms with E-state index in [1.807, 2.05) is 0 Å². The fourth-order valence-electron chi connectivity index (χ4n) is 2.62. The van der Waals surface area contributed by atoms with E-state index >= 15 is 0 Å². The normalized spacial score (nSPS) is 10.6. The third-order valence-electron chi connectivity index (χ3n) is 4.10. The van der Waals surface area contributed by atoms with Crippen LogP contribution >= 0.6 is 34.8 Å². The van der Waals surface area contributed by atoms with Crippen molar-refractivity contribution in [2.24, 2.45) is 0 Å². The van der Waals surface area contributed by atoms with Gasteiger partial charge in [-0.05, 0) is 48.5 Å². The lowest BCUT2D eigenvalue weighted by atomic mass is 10.1. The second kappa shape index (κ2) is 9.35. The van der Waals surface area contributed by atoms with Gasteiger partial charge in [-0.25, -0.2) is 9.18 Å². The van der Waals surface area contributed by atoms with Crippen LogP contribution in [0, 0.1) is 5.82 Å². The Bertz CT molecular complexity index is 1060. The Labute approximate surface area is 181 Å². The molecule has 2 N–H and O–H groups in total. The van der Waals surface area contributed by atoms with E-state index in [1.54, 1.807) is 30.3 Å². The van der Waals surface area contributed by atoms with Crippen molar-refractivity contribution in [3.8, 4) is 5.75 Å². The maximum absolute atomic E-state index is 13.2. The van der Waals surface area contributed by atoms with Crippen molar-refractivity contribution in [3.05, 3.63) is 92.2 Å². The van der Waals surface area contributed by atoms with Crippen LogP contribution in [0.5, 0.6) is 5.75 Å². The molecule has 150 valence electrons. The number of hydrogen-bond acceptors (Lipinski definition) is 3. The third-order valence-corrected chi connectivity index (χ3v) is 5.02. The Morgan fingerprint density at radius 2 is 1.76 bits per heavy atom. The molecule has 0 radical (unpaired) electrons. The summed E-state index contributed by atoms with van der Waals surface area (Å²) < 4.78 is 19.0. The van der Waals surface area contributed by atoms with Crippen molar-refractivity contribution in [2.75, 3.05) is 5.32 Å². The number of carboxylic acids is 1. The number of ether oxygens (including phenoxy) is 1. The second-order valence-electron chi connectivity index (χ2n) is 6.13. The fourth-order valence-corrected chi connectivity index (χ4v) is 3.23. The minimum atomic E-state index is -1.11. The maximum Gasteiger partial charge on any atom is 0.337 e. The van der Waals surface area contributed by atoms with Crippen LogP contribution in [0.15, 0.2) is 54.6 Å². The molecular weight excluding hydrogens is 440 g/mol. The Balaban J connectivity index is 1.75. The smallest absolute Gasteiger partial charge is 0.337 e. The largest absolute Gasteiger partial charge is 0.488 e. The minimum Gasteiger partial charge on any atom is -0.488 e. The Morgan fingerprint density at radius 1 is 0.966 bits per heavy atom. The molecule has 0 aromatic heterocycles. The first kappa shape index (κ1) is 21.2. The van der Waals surface area contributed by atoms with Crippen molar-refractivity contribution in [1.82, 2.24) is 0 Å². The third kappa shape index (κ3) is 5.54. The Hall–Kier alpha value is -2.47. The van der Waals surface area contributed by atoms with Crippen LogP contribution in [0.25, 0.3) is 0 Å². The number of halogens is 4. The molecule has 8 heteroatoms. The first-order valence-electron chi connectivity index (χ1n) is 8.45. The van der Waals surface area contributed by atoms with Crippen LogP contribution in [0.3, 0.4) is 0 Å². The summed E-state index contributed by atoms with van der Waals surface area (Å²) in [6.07, 6.45) is 0. The summed E-state index contributed by atoms with van der Waals surface area (Å²) in [5.41, 5.74) is 1.98. The van der Waals surface area contributed by atoms with Gasteiger partial charge in [-0.3, -0.25) is 0 Å². The molecule has 3 aromatic carbocycles. The van der Waals surface area contributed by atoms with E-state index in [2.05, 4.69) is 5.32 Å². The summed E-state index contributed by atoms with van der Waals surface area (Å²) in [4.78, 5) is 11.2. The van der Waals surface area contributed by atoms with Gasteiger partial charge < -0.3 is 15.2 Å². The number of carboxylic acid groups (broad SMARTS) is 1. The van der Waals surface area contributed by atoms with Gasteiger partial charge in [0.1, 0.15) is 18.2 Å². The first-order chi connectivity index (χ1) is 13.8. The van der Waals surface area contributed by atoms with E-state index in [0.717, 1.165) is 5.56 Å². The molecule has 0 heterocycles. The maximum atomic E-state index is 13.2. The van der Waals surface area contributed by atoms with Crippen LogP contribution in [0.1, 0.15) is 21.5 Å². The highest BCUT2D eigenvalue weighted by Gasteiger charge is 2.11.